The normalized spacial score (nSPS) is 13.6. The molecule has 0 saturated heterocycles. The van der Waals surface area contributed by atoms with Gasteiger partial charge in [-0.15, -0.1) is 21.5 Å². The van der Waals surface area contributed by atoms with Crippen LogP contribution in [0.25, 0.3) is 10.7 Å². The fourth-order valence-electron chi connectivity index (χ4n) is 3.09. The van der Waals surface area contributed by atoms with Crippen LogP contribution >= 0.6 is 23.1 Å². The van der Waals surface area contributed by atoms with Gasteiger partial charge in [-0.1, -0.05) is 54.2 Å². The highest BCUT2D eigenvalue weighted by molar-refractivity contribution is 7.98. The van der Waals surface area contributed by atoms with Crippen molar-refractivity contribution >= 4 is 23.1 Å². The molecule has 2 heterocycles. The van der Waals surface area contributed by atoms with E-state index in [1.54, 1.807) is 23.1 Å². The van der Waals surface area contributed by atoms with Crippen LogP contribution in [0.15, 0.2) is 77.3 Å². The Balaban J connectivity index is 1.38. The highest BCUT2D eigenvalue weighted by Gasteiger charge is 2.30. The van der Waals surface area contributed by atoms with Crippen LogP contribution in [0.4, 0.5) is 0 Å². The van der Waals surface area contributed by atoms with E-state index in [-0.39, 0.29) is 0 Å². The maximum atomic E-state index is 6.10. The third kappa shape index (κ3) is 3.70. The monoisotopic (exact) mass is 405 g/mol. The van der Waals surface area contributed by atoms with Gasteiger partial charge in [0.1, 0.15) is 11.5 Å². The maximum absolute atomic E-state index is 6.10. The summed E-state index contributed by atoms with van der Waals surface area (Å²) in [5, 5.41) is 12.1. The van der Waals surface area contributed by atoms with E-state index in [9.17, 15) is 0 Å². The molecule has 2 aromatic heterocycles. The molecule has 0 aliphatic heterocycles. The van der Waals surface area contributed by atoms with Gasteiger partial charge in [0.05, 0.1) is 4.88 Å². The van der Waals surface area contributed by atoms with Gasteiger partial charge in [0.15, 0.2) is 11.0 Å². The number of thioether (sulfide) groups is 1. The summed E-state index contributed by atoms with van der Waals surface area (Å²) in [6.07, 6.45) is 2.41. The van der Waals surface area contributed by atoms with Crippen LogP contribution in [-0.2, 0) is 5.75 Å². The molecule has 140 valence electrons. The number of thiophene rings is 1. The standard InChI is InChI=1S/C22H19N3OS2/c1-2-8-18(9-3-1)26-19-10-5-4-7-16(19)15-28-22-24-23-21(20-11-6-14-27-20)25(22)17-12-13-17/h1-11,14,17H,12-13,15H2. The Labute approximate surface area is 172 Å². The molecule has 0 N–H and O–H groups in total. The second-order valence-electron chi connectivity index (χ2n) is 6.70. The van der Waals surface area contributed by atoms with Crippen molar-refractivity contribution in [1.29, 1.82) is 0 Å². The summed E-state index contributed by atoms with van der Waals surface area (Å²) in [5.41, 5.74) is 1.15. The van der Waals surface area contributed by atoms with Crippen LogP contribution in [0.2, 0.25) is 0 Å². The molecular formula is C22H19N3OS2. The Morgan fingerprint density at radius 1 is 0.964 bits per heavy atom. The first-order valence-corrected chi connectivity index (χ1v) is 11.2. The van der Waals surface area contributed by atoms with Gasteiger partial charge in [-0.3, -0.25) is 4.57 Å². The Hall–Kier alpha value is -2.57. The van der Waals surface area contributed by atoms with Crippen molar-refractivity contribution in [2.75, 3.05) is 0 Å². The lowest BCUT2D eigenvalue weighted by molar-refractivity contribution is 0.478. The molecule has 6 heteroatoms. The molecular weight excluding hydrogens is 386 g/mol. The second-order valence-corrected chi connectivity index (χ2v) is 8.59. The zero-order valence-electron chi connectivity index (χ0n) is 15.2. The third-order valence-corrected chi connectivity index (χ3v) is 6.48. The summed E-state index contributed by atoms with van der Waals surface area (Å²) in [6, 6.07) is 22.8. The SMILES string of the molecule is c1ccc(Oc2ccccc2CSc2nnc(-c3cccs3)n2C2CC2)cc1. The molecule has 4 aromatic rings. The summed E-state index contributed by atoms with van der Waals surface area (Å²) in [7, 11) is 0. The molecule has 2 aromatic carbocycles. The number of hydrogen-bond acceptors (Lipinski definition) is 5. The molecule has 1 fully saturated rings. The third-order valence-electron chi connectivity index (χ3n) is 4.62. The number of hydrogen-bond donors (Lipinski definition) is 0. The van der Waals surface area contributed by atoms with Crippen molar-refractivity contribution in [3.8, 4) is 22.2 Å². The van der Waals surface area contributed by atoms with Crippen LogP contribution in [0.1, 0.15) is 24.4 Å². The van der Waals surface area contributed by atoms with E-state index in [2.05, 4.69) is 44.4 Å². The van der Waals surface area contributed by atoms with Crippen LogP contribution in [0.5, 0.6) is 11.5 Å². The molecule has 1 aliphatic rings. The van der Waals surface area contributed by atoms with Crippen LogP contribution in [0.3, 0.4) is 0 Å². The Morgan fingerprint density at radius 3 is 2.57 bits per heavy atom. The van der Waals surface area contributed by atoms with E-state index < -0.39 is 0 Å². The Kier molecular flexibility index (Phi) is 4.89. The molecule has 0 unspecified atom stereocenters. The fraction of sp³-hybridized carbons (Fsp3) is 0.182. The molecule has 0 atom stereocenters. The smallest absolute Gasteiger partial charge is 0.192 e. The van der Waals surface area contributed by atoms with E-state index in [0.717, 1.165) is 33.8 Å². The number of rotatable bonds is 7. The van der Waals surface area contributed by atoms with Crippen LogP contribution < -0.4 is 4.74 Å². The topological polar surface area (TPSA) is 39.9 Å². The minimum Gasteiger partial charge on any atom is -0.457 e. The molecule has 0 spiro atoms. The number of ether oxygens (including phenoxy) is 1. The predicted molar refractivity (Wildman–Crippen MR) is 114 cm³/mol. The molecule has 0 amide bonds. The van der Waals surface area contributed by atoms with Gasteiger partial charge < -0.3 is 4.74 Å². The predicted octanol–water partition coefficient (Wildman–Crippen LogP) is 6.43. The molecule has 28 heavy (non-hydrogen) atoms. The molecule has 0 bridgehead atoms. The van der Waals surface area contributed by atoms with Crippen LogP contribution in [0, 0.1) is 0 Å². The summed E-state index contributed by atoms with van der Waals surface area (Å²) < 4.78 is 8.41. The summed E-state index contributed by atoms with van der Waals surface area (Å²) >= 11 is 3.44. The van der Waals surface area contributed by atoms with Crippen molar-refractivity contribution in [2.24, 2.45) is 0 Å². The summed E-state index contributed by atoms with van der Waals surface area (Å²) in [4.78, 5) is 1.18. The van der Waals surface area contributed by atoms with E-state index >= 15 is 0 Å². The highest BCUT2D eigenvalue weighted by Crippen LogP contribution is 2.42. The Morgan fingerprint density at radius 2 is 1.79 bits per heavy atom. The van der Waals surface area contributed by atoms with E-state index in [0.29, 0.717) is 6.04 Å². The second kappa shape index (κ2) is 7.81. The number of benzene rings is 2. The van der Waals surface area contributed by atoms with Gasteiger partial charge in [-0.05, 0) is 42.5 Å². The maximum Gasteiger partial charge on any atom is 0.192 e. The fourth-order valence-corrected chi connectivity index (χ4v) is 4.79. The quantitative estimate of drug-likeness (QED) is 0.332. The van der Waals surface area contributed by atoms with Gasteiger partial charge in [0.2, 0.25) is 0 Å². The molecule has 1 saturated carbocycles. The minimum atomic E-state index is 0.533. The van der Waals surface area contributed by atoms with Gasteiger partial charge in [-0.25, -0.2) is 0 Å². The molecule has 4 nitrogen and oxygen atoms in total. The van der Waals surface area contributed by atoms with Crippen molar-refractivity contribution in [3.63, 3.8) is 0 Å². The van der Waals surface area contributed by atoms with Crippen molar-refractivity contribution in [2.45, 2.75) is 29.8 Å². The number of nitrogens with zero attached hydrogens (tertiary/aromatic N) is 3. The van der Waals surface area contributed by atoms with E-state index in [1.165, 1.54) is 17.7 Å². The minimum absolute atomic E-state index is 0.533. The zero-order chi connectivity index (χ0) is 18.8. The first-order valence-electron chi connectivity index (χ1n) is 9.31. The lowest BCUT2D eigenvalue weighted by Crippen LogP contribution is -1.99. The van der Waals surface area contributed by atoms with Crippen molar-refractivity contribution < 1.29 is 4.74 Å². The number of para-hydroxylation sites is 2. The summed E-state index contributed by atoms with van der Waals surface area (Å²) in [5.74, 6) is 3.52. The Bertz CT molecular complexity index is 1060. The highest BCUT2D eigenvalue weighted by atomic mass is 32.2. The van der Waals surface area contributed by atoms with Gasteiger partial charge in [-0.2, -0.15) is 0 Å². The van der Waals surface area contributed by atoms with E-state index in [1.807, 2.05) is 42.5 Å². The average molecular weight is 406 g/mol. The lowest BCUT2D eigenvalue weighted by atomic mass is 10.2. The van der Waals surface area contributed by atoms with Gasteiger partial charge >= 0.3 is 0 Å². The molecule has 0 radical (unpaired) electrons. The molecule has 1 aliphatic carbocycles. The van der Waals surface area contributed by atoms with Crippen LogP contribution in [-0.4, -0.2) is 14.8 Å². The van der Waals surface area contributed by atoms with Crippen molar-refractivity contribution in [1.82, 2.24) is 14.8 Å². The number of aromatic nitrogens is 3. The zero-order valence-corrected chi connectivity index (χ0v) is 16.8. The van der Waals surface area contributed by atoms with Gasteiger partial charge in [0.25, 0.3) is 0 Å². The molecule has 5 rings (SSSR count). The first-order chi connectivity index (χ1) is 13.9. The van der Waals surface area contributed by atoms with Crippen molar-refractivity contribution in [3.05, 3.63) is 77.7 Å². The van der Waals surface area contributed by atoms with E-state index in [4.69, 9.17) is 4.74 Å². The summed E-state index contributed by atoms with van der Waals surface area (Å²) in [6.45, 7) is 0. The lowest BCUT2D eigenvalue weighted by Gasteiger charge is -2.11. The average Bonchev–Trinajstić information content (AvgIpc) is 3.25. The van der Waals surface area contributed by atoms with Gasteiger partial charge in [0, 0.05) is 17.4 Å². The first kappa shape index (κ1) is 17.5. The largest absolute Gasteiger partial charge is 0.457 e.